The van der Waals surface area contributed by atoms with Crippen LogP contribution in [0.1, 0.15) is 84.6 Å². The molecule has 1 fully saturated rings. The number of nitrogens with one attached hydrogen (secondary N) is 1. The van der Waals surface area contributed by atoms with Gasteiger partial charge >= 0.3 is 0 Å². The lowest BCUT2D eigenvalue weighted by Gasteiger charge is -2.50. The zero-order chi connectivity index (χ0) is 25.2. The fourth-order valence-corrected chi connectivity index (χ4v) is 6.97. The molecule has 0 bridgehead atoms. The Labute approximate surface area is 215 Å². The van der Waals surface area contributed by atoms with Gasteiger partial charge in [-0.2, -0.15) is 0 Å². The van der Waals surface area contributed by atoms with E-state index >= 15 is 0 Å². The molecule has 0 saturated heterocycles. The molecule has 1 saturated carbocycles. The maximum absolute atomic E-state index is 13.1. The van der Waals surface area contributed by atoms with E-state index in [1.54, 1.807) is 6.20 Å². The fraction of sp³-hybridized carbons (Fsp3) is 0.438. The Morgan fingerprint density at radius 1 is 1.11 bits per heavy atom. The first-order valence-electron chi connectivity index (χ1n) is 13.6. The van der Waals surface area contributed by atoms with Crippen molar-refractivity contribution < 1.29 is 9.90 Å². The number of benzene rings is 2. The van der Waals surface area contributed by atoms with Crippen molar-refractivity contribution in [2.24, 2.45) is 5.92 Å². The topological polar surface area (TPSA) is 62.2 Å². The molecule has 0 radical (unpaired) electrons. The highest BCUT2D eigenvalue weighted by Gasteiger charge is 2.50. The minimum atomic E-state index is -0.644. The van der Waals surface area contributed by atoms with Gasteiger partial charge in [-0.3, -0.25) is 9.78 Å². The summed E-state index contributed by atoms with van der Waals surface area (Å²) in [7, 11) is 0. The van der Waals surface area contributed by atoms with E-state index in [0.29, 0.717) is 11.5 Å². The first-order chi connectivity index (χ1) is 17.4. The van der Waals surface area contributed by atoms with Gasteiger partial charge in [0.2, 0.25) is 0 Å². The molecular formula is C32H38N2O2. The van der Waals surface area contributed by atoms with Crippen LogP contribution in [0.5, 0.6) is 0 Å². The van der Waals surface area contributed by atoms with Crippen LogP contribution in [-0.4, -0.2) is 21.6 Å². The first-order valence-corrected chi connectivity index (χ1v) is 13.6. The summed E-state index contributed by atoms with van der Waals surface area (Å²) in [6, 6.07) is 20.5. The number of pyridine rings is 1. The van der Waals surface area contributed by atoms with Crippen molar-refractivity contribution in [1.82, 2.24) is 4.98 Å². The molecule has 2 N–H and O–H groups in total. The molecule has 3 atom stereocenters. The lowest BCUT2D eigenvalue weighted by molar-refractivity contribution is -0.0488. The Kier molecular flexibility index (Phi) is 6.98. The second-order valence-electron chi connectivity index (χ2n) is 11.0. The average Bonchev–Trinajstić information content (AvgIpc) is 3.02. The van der Waals surface area contributed by atoms with E-state index in [0.717, 1.165) is 69.2 Å². The van der Waals surface area contributed by atoms with Crippen LogP contribution in [-0.2, 0) is 18.3 Å². The number of aromatic nitrogens is 1. The number of hydrogen-bond donors (Lipinski definition) is 2. The number of aliphatic hydroxyl groups is 1. The highest BCUT2D eigenvalue weighted by atomic mass is 16.3. The van der Waals surface area contributed by atoms with Crippen molar-refractivity contribution in [2.45, 2.75) is 82.7 Å². The Hall–Kier alpha value is -2.98. The summed E-state index contributed by atoms with van der Waals surface area (Å²) in [6.45, 7) is 4.18. The monoisotopic (exact) mass is 482 g/mol. The molecule has 0 unspecified atom stereocenters. The van der Waals surface area contributed by atoms with Gasteiger partial charge in [0, 0.05) is 18.2 Å². The Morgan fingerprint density at radius 2 is 1.94 bits per heavy atom. The predicted octanol–water partition coefficient (Wildman–Crippen LogP) is 6.79. The Bertz CT molecular complexity index is 1220. The lowest BCUT2D eigenvalue weighted by atomic mass is 9.55. The summed E-state index contributed by atoms with van der Waals surface area (Å²) >= 11 is 0. The molecule has 1 aromatic heterocycles. The van der Waals surface area contributed by atoms with Crippen LogP contribution >= 0.6 is 0 Å². The van der Waals surface area contributed by atoms with Crippen LogP contribution in [0, 0.1) is 12.8 Å². The highest BCUT2D eigenvalue weighted by Crippen LogP contribution is 2.54. The van der Waals surface area contributed by atoms with E-state index in [-0.39, 0.29) is 11.3 Å². The number of aryl methyl sites for hydroxylation is 2. The smallest absolute Gasteiger partial charge is 0.255 e. The molecule has 1 heterocycles. The Morgan fingerprint density at radius 3 is 2.72 bits per heavy atom. The standard InChI is InChI=1S/C32H38N2O2/c1-3-16-32-18-17-31(36,21-24-9-5-4-6-10-24)22-27(32)12-7-11-25-20-26(14-15-28(25)32)30(35)34-29-13-8-19-33-23(29)2/h4-6,8-10,13-15,19-20,27,36H,3,7,11-12,16-18,21-22H2,1-2H3,(H,34,35)/t27-,31-,32+/m0/s1. The van der Waals surface area contributed by atoms with Crippen LogP contribution in [0.2, 0.25) is 0 Å². The van der Waals surface area contributed by atoms with E-state index < -0.39 is 5.60 Å². The predicted molar refractivity (Wildman–Crippen MR) is 145 cm³/mol. The van der Waals surface area contributed by atoms with Gasteiger partial charge in [-0.15, -0.1) is 0 Å². The van der Waals surface area contributed by atoms with Crippen LogP contribution in [0.15, 0.2) is 66.9 Å². The van der Waals surface area contributed by atoms with Crippen LogP contribution < -0.4 is 5.32 Å². The molecule has 0 aliphatic heterocycles. The van der Waals surface area contributed by atoms with Crippen molar-refractivity contribution >= 4 is 11.6 Å². The van der Waals surface area contributed by atoms with E-state index in [1.165, 1.54) is 16.7 Å². The maximum Gasteiger partial charge on any atom is 0.255 e. The van der Waals surface area contributed by atoms with Gasteiger partial charge < -0.3 is 10.4 Å². The van der Waals surface area contributed by atoms with Gasteiger partial charge in [0.05, 0.1) is 17.0 Å². The summed E-state index contributed by atoms with van der Waals surface area (Å²) in [5.74, 6) is 0.374. The van der Waals surface area contributed by atoms with Gasteiger partial charge in [0.1, 0.15) is 0 Å². The lowest BCUT2D eigenvalue weighted by Crippen LogP contribution is -2.48. The summed E-state index contributed by atoms with van der Waals surface area (Å²) in [4.78, 5) is 17.4. The third kappa shape index (κ3) is 4.84. The zero-order valence-electron chi connectivity index (χ0n) is 21.6. The van der Waals surface area contributed by atoms with E-state index in [4.69, 9.17) is 0 Å². The number of nitrogens with zero attached hydrogens (tertiary/aromatic N) is 1. The fourth-order valence-electron chi connectivity index (χ4n) is 6.97. The molecule has 2 aromatic carbocycles. The second-order valence-corrected chi connectivity index (χ2v) is 11.0. The quantitative estimate of drug-likeness (QED) is 0.407. The number of amides is 1. The number of carbonyl (C=O) groups excluding carboxylic acids is 1. The third-order valence-electron chi connectivity index (χ3n) is 8.67. The minimum absolute atomic E-state index is 0.0818. The van der Waals surface area contributed by atoms with Gasteiger partial charge in [0.15, 0.2) is 0 Å². The third-order valence-corrected chi connectivity index (χ3v) is 8.67. The van der Waals surface area contributed by atoms with Crippen molar-refractivity contribution in [2.75, 3.05) is 5.32 Å². The molecule has 4 nitrogen and oxygen atoms in total. The molecule has 5 rings (SSSR count). The van der Waals surface area contributed by atoms with Crippen LogP contribution in [0.4, 0.5) is 5.69 Å². The second kappa shape index (κ2) is 10.2. The summed E-state index contributed by atoms with van der Waals surface area (Å²) in [5, 5.41) is 14.7. The molecule has 0 spiro atoms. The number of carbonyl (C=O) groups is 1. The molecule has 2 aliphatic rings. The zero-order valence-corrected chi connectivity index (χ0v) is 21.6. The minimum Gasteiger partial charge on any atom is -0.390 e. The number of anilines is 1. The summed E-state index contributed by atoms with van der Waals surface area (Å²) < 4.78 is 0. The number of hydrogen-bond acceptors (Lipinski definition) is 3. The summed E-state index contributed by atoms with van der Waals surface area (Å²) in [6.07, 6.45) is 10.6. The van der Waals surface area contributed by atoms with E-state index in [1.807, 2.05) is 31.2 Å². The van der Waals surface area contributed by atoms with Gasteiger partial charge in [-0.05, 0) is 104 Å². The normalized spacial score (nSPS) is 25.4. The number of fused-ring (bicyclic) bond motifs is 3. The SMILES string of the molecule is CCC[C@@]12CC[C@](O)(Cc3ccccc3)C[C@@H]1CCCc1cc(C(=O)Nc3cccnc3C)ccc12. The van der Waals surface area contributed by atoms with Crippen molar-refractivity contribution in [1.29, 1.82) is 0 Å². The largest absolute Gasteiger partial charge is 0.390 e. The molecule has 36 heavy (non-hydrogen) atoms. The molecule has 4 heteroatoms. The van der Waals surface area contributed by atoms with Crippen LogP contribution in [0.25, 0.3) is 0 Å². The molecule has 1 amide bonds. The average molecular weight is 483 g/mol. The summed E-state index contributed by atoms with van der Waals surface area (Å²) in [5.41, 5.74) is 5.67. The van der Waals surface area contributed by atoms with Gasteiger partial charge in [-0.25, -0.2) is 0 Å². The van der Waals surface area contributed by atoms with E-state index in [9.17, 15) is 9.90 Å². The Balaban J connectivity index is 1.42. The highest BCUT2D eigenvalue weighted by molar-refractivity contribution is 6.04. The molecular weight excluding hydrogens is 444 g/mol. The molecule has 2 aliphatic carbocycles. The van der Waals surface area contributed by atoms with Gasteiger partial charge in [0.25, 0.3) is 5.91 Å². The number of rotatable bonds is 6. The van der Waals surface area contributed by atoms with Crippen molar-refractivity contribution in [3.8, 4) is 0 Å². The van der Waals surface area contributed by atoms with Crippen LogP contribution in [0.3, 0.4) is 0 Å². The first kappa shape index (κ1) is 24.7. The maximum atomic E-state index is 13.1. The van der Waals surface area contributed by atoms with Crippen molar-refractivity contribution in [3.63, 3.8) is 0 Å². The molecule has 3 aromatic rings. The molecule has 188 valence electrons. The van der Waals surface area contributed by atoms with E-state index in [2.05, 4.69) is 53.6 Å². The van der Waals surface area contributed by atoms with Gasteiger partial charge in [-0.1, -0.05) is 49.7 Å². The van der Waals surface area contributed by atoms with Crippen molar-refractivity contribution in [3.05, 3.63) is 94.8 Å².